The van der Waals surface area contributed by atoms with E-state index in [1.165, 1.54) is 12.1 Å². The molecule has 1 fully saturated rings. The molecular weight excluding hydrogens is 362 g/mol. The van der Waals surface area contributed by atoms with Crippen LogP contribution in [0.15, 0.2) is 42.5 Å². The van der Waals surface area contributed by atoms with E-state index in [-0.39, 0.29) is 30.1 Å². The molecular formula is C19H19Cl2FN2O. The average Bonchev–Trinajstić information content (AvgIpc) is 3.08. The molecule has 25 heavy (non-hydrogen) atoms. The van der Waals surface area contributed by atoms with Gasteiger partial charge in [0, 0.05) is 26.1 Å². The molecule has 6 heteroatoms. The number of halogens is 3. The standard InChI is InChI=1S/C19H19Cl2FN2O/c1-24(19(25)8-12-2-5-14(22)6-3-12)18-11-23-10-15(18)13-4-7-16(20)17(21)9-13/h2-7,9,15,18,23H,8,10-11H2,1H3/t15-,18+/m1/s1. The van der Waals surface area contributed by atoms with Crippen LogP contribution in [0.4, 0.5) is 4.39 Å². The van der Waals surface area contributed by atoms with Gasteiger partial charge < -0.3 is 10.2 Å². The minimum atomic E-state index is -0.302. The van der Waals surface area contributed by atoms with Gasteiger partial charge >= 0.3 is 0 Å². The molecule has 3 nitrogen and oxygen atoms in total. The molecule has 1 amide bonds. The number of hydrogen-bond donors (Lipinski definition) is 1. The number of benzene rings is 2. The van der Waals surface area contributed by atoms with Crippen LogP contribution in [0.25, 0.3) is 0 Å². The van der Waals surface area contributed by atoms with Crippen molar-refractivity contribution in [1.82, 2.24) is 10.2 Å². The molecule has 1 saturated heterocycles. The van der Waals surface area contributed by atoms with Crippen molar-refractivity contribution >= 4 is 29.1 Å². The summed E-state index contributed by atoms with van der Waals surface area (Å²) < 4.78 is 13.0. The minimum Gasteiger partial charge on any atom is -0.341 e. The quantitative estimate of drug-likeness (QED) is 0.872. The van der Waals surface area contributed by atoms with Gasteiger partial charge in [-0.15, -0.1) is 0 Å². The third-order valence-electron chi connectivity index (χ3n) is 4.71. The number of amides is 1. The maximum atomic E-state index is 13.0. The van der Waals surface area contributed by atoms with E-state index in [2.05, 4.69) is 5.32 Å². The van der Waals surface area contributed by atoms with Crippen LogP contribution in [0, 0.1) is 5.82 Å². The van der Waals surface area contributed by atoms with Crippen molar-refractivity contribution in [3.8, 4) is 0 Å². The first-order chi connectivity index (χ1) is 12.0. The fourth-order valence-electron chi connectivity index (χ4n) is 3.24. The van der Waals surface area contributed by atoms with E-state index >= 15 is 0 Å². The van der Waals surface area contributed by atoms with Crippen LogP contribution in [0.2, 0.25) is 10.0 Å². The van der Waals surface area contributed by atoms with E-state index in [0.717, 1.165) is 24.2 Å². The topological polar surface area (TPSA) is 32.3 Å². The first kappa shape index (κ1) is 18.2. The molecule has 1 heterocycles. The zero-order valence-corrected chi connectivity index (χ0v) is 15.3. The van der Waals surface area contributed by atoms with Gasteiger partial charge in [0.15, 0.2) is 0 Å². The summed E-state index contributed by atoms with van der Waals surface area (Å²) in [6.07, 6.45) is 0.251. The summed E-state index contributed by atoms with van der Waals surface area (Å²) in [5.41, 5.74) is 1.86. The van der Waals surface area contributed by atoms with E-state index < -0.39 is 0 Å². The number of rotatable bonds is 4. The molecule has 1 N–H and O–H groups in total. The first-order valence-corrected chi connectivity index (χ1v) is 8.87. The Bertz CT molecular complexity index is 767. The lowest BCUT2D eigenvalue weighted by Crippen LogP contribution is -2.42. The Morgan fingerprint density at radius 1 is 1.16 bits per heavy atom. The lowest BCUT2D eigenvalue weighted by Gasteiger charge is -2.29. The molecule has 1 aliphatic rings. The van der Waals surface area contributed by atoms with Gasteiger partial charge in [-0.3, -0.25) is 4.79 Å². The summed E-state index contributed by atoms with van der Waals surface area (Å²) in [5.74, 6) is -0.147. The van der Waals surface area contributed by atoms with Gasteiger partial charge in [-0.2, -0.15) is 0 Å². The Morgan fingerprint density at radius 3 is 2.56 bits per heavy atom. The predicted molar refractivity (Wildman–Crippen MR) is 98.7 cm³/mol. The molecule has 0 spiro atoms. The van der Waals surface area contributed by atoms with Crippen LogP contribution >= 0.6 is 23.2 Å². The zero-order chi connectivity index (χ0) is 18.0. The summed E-state index contributed by atoms with van der Waals surface area (Å²) in [6, 6.07) is 11.7. The van der Waals surface area contributed by atoms with Crippen molar-refractivity contribution in [2.75, 3.05) is 20.1 Å². The van der Waals surface area contributed by atoms with E-state index in [1.807, 2.05) is 19.2 Å². The van der Waals surface area contributed by atoms with Crippen LogP contribution < -0.4 is 5.32 Å². The third kappa shape index (κ3) is 4.14. The highest BCUT2D eigenvalue weighted by Crippen LogP contribution is 2.31. The molecule has 1 aliphatic heterocycles. The number of nitrogens with zero attached hydrogens (tertiary/aromatic N) is 1. The van der Waals surface area contributed by atoms with Crippen molar-refractivity contribution < 1.29 is 9.18 Å². The largest absolute Gasteiger partial charge is 0.341 e. The lowest BCUT2D eigenvalue weighted by atomic mass is 9.93. The second-order valence-corrected chi connectivity index (χ2v) is 7.13. The molecule has 2 atom stereocenters. The van der Waals surface area contributed by atoms with Gasteiger partial charge in [-0.05, 0) is 35.4 Å². The smallest absolute Gasteiger partial charge is 0.227 e. The summed E-state index contributed by atoms with van der Waals surface area (Å²) in [7, 11) is 1.81. The Morgan fingerprint density at radius 2 is 1.88 bits per heavy atom. The predicted octanol–water partition coefficient (Wildman–Crippen LogP) is 3.89. The molecule has 0 aromatic heterocycles. The van der Waals surface area contributed by atoms with Crippen molar-refractivity contribution in [2.24, 2.45) is 0 Å². The molecule has 0 saturated carbocycles. The van der Waals surface area contributed by atoms with Gasteiger partial charge in [0.1, 0.15) is 5.82 Å². The summed E-state index contributed by atoms with van der Waals surface area (Å²) in [5, 5.41) is 4.38. The van der Waals surface area contributed by atoms with E-state index in [1.54, 1.807) is 23.1 Å². The highest BCUT2D eigenvalue weighted by Gasteiger charge is 2.33. The molecule has 0 radical (unpaired) electrons. The normalized spacial score (nSPS) is 19.8. The summed E-state index contributed by atoms with van der Waals surface area (Å²) in [4.78, 5) is 14.4. The van der Waals surface area contributed by atoms with Crippen LogP contribution in [-0.4, -0.2) is 37.0 Å². The second-order valence-electron chi connectivity index (χ2n) is 6.31. The maximum Gasteiger partial charge on any atom is 0.227 e. The third-order valence-corrected chi connectivity index (χ3v) is 5.45. The van der Waals surface area contributed by atoms with Gasteiger partial charge in [0.05, 0.1) is 22.5 Å². The number of likely N-dealkylation sites (N-methyl/N-ethyl adjacent to an activating group) is 1. The van der Waals surface area contributed by atoms with Crippen LogP contribution in [0.5, 0.6) is 0 Å². The highest BCUT2D eigenvalue weighted by molar-refractivity contribution is 6.42. The van der Waals surface area contributed by atoms with Gasteiger partial charge in [-0.25, -0.2) is 4.39 Å². The summed E-state index contributed by atoms with van der Waals surface area (Å²) in [6.45, 7) is 1.49. The molecule has 0 aliphatic carbocycles. The van der Waals surface area contributed by atoms with Crippen molar-refractivity contribution in [3.63, 3.8) is 0 Å². The minimum absolute atomic E-state index is 0.00497. The number of hydrogen-bond acceptors (Lipinski definition) is 2. The molecule has 3 rings (SSSR count). The fraction of sp³-hybridized carbons (Fsp3) is 0.316. The Balaban J connectivity index is 1.73. The van der Waals surface area contributed by atoms with Crippen molar-refractivity contribution in [2.45, 2.75) is 18.4 Å². The van der Waals surface area contributed by atoms with E-state index in [0.29, 0.717) is 10.0 Å². The van der Waals surface area contributed by atoms with Crippen LogP contribution in [0.1, 0.15) is 17.0 Å². The van der Waals surface area contributed by atoms with Gasteiger partial charge in [0.25, 0.3) is 0 Å². The number of carbonyl (C=O) groups excluding carboxylic acids is 1. The Hall–Kier alpha value is -1.62. The van der Waals surface area contributed by atoms with Crippen molar-refractivity contribution in [1.29, 1.82) is 0 Å². The molecule has 2 aromatic rings. The molecule has 0 unspecified atom stereocenters. The van der Waals surface area contributed by atoms with Crippen LogP contribution in [-0.2, 0) is 11.2 Å². The maximum absolute atomic E-state index is 13.0. The Labute approximate surface area is 156 Å². The highest BCUT2D eigenvalue weighted by atomic mass is 35.5. The SMILES string of the molecule is CN(C(=O)Cc1ccc(F)cc1)[C@H]1CNC[C@@H]1c1ccc(Cl)c(Cl)c1. The summed E-state index contributed by atoms with van der Waals surface area (Å²) >= 11 is 12.1. The molecule has 0 bridgehead atoms. The molecule has 2 aromatic carbocycles. The van der Waals surface area contributed by atoms with Crippen LogP contribution in [0.3, 0.4) is 0 Å². The fourth-order valence-corrected chi connectivity index (χ4v) is 3.55. The Kier molecular flexibility index (Phi) is 5.62. The second kappa shape index (κ2) is 7.73. The lowest BCUT2D eigenvalue weighted by molar-refractivity contribution is -0.131. The number of nitrogens with one attached hydrogen (secondary N) is 1. The zero-order valence-electron chi connectivity index (χ0n) is 13.8. The average molecular weight is 381 g/mol. The van der Waals surface area contributed by atoms with Gasteiger partial charge in [-0.1, -0.05) is 41.4 Å². The first-order valence-electron chi connectivity index (χ1n) is 8.11. The van der Waals surface area contributed by atoms with Gasteiger partial charge in [0.2, 0.25) is 5.91 Å². The van der Waals surface area contributed by atoms with E-state index in [9.17, 15) is 9.18 Å². The monoisotopic (exact) mass is 380 g/mol. The molecule has 132 valence electrons. The number of carbonyl (C=O) groups is 1. The van der Waals surface area contributed by atoms with E-state index in [4.69, 9.17) is 23.2 Å². The van der Waals surface area contributed by atoms with Crippen molar-refractivity contribution in [3.05, 3.63) is 69.5 Å².